The van der Waals surface area contributed by atoms with Crippen molar-refractivity contribution in [3.8, 4) is 0 Å². The summed E-state index contributed by atoms with van der Waals surface area (Å²) in [6.07, 6.45) is 9.55. The van der Waals surface area contributed by atoms with Crippen molar-refractivity contribution in [2.24, 2.45) is 0 Å². The number of nitrogens with zero attached hydrogens (tertiary/aromatic N) is 1. The summed E-state index contributed by atoms with van der Waals surface area (Å²) in [4.78, 5) is 15.1. The van der Waals surface area contributed by atoms with Gasteiger partial charge < -0.3 is 10.2 Å². The summed E-state index contributed by atoms with van der Waals surface area (Å²) in [6, 6.07) is 14.9. The number of hydrogen-bond acceptors (Lipinski definition) is 1. The number of rotatable bonds is 12. The lowest BCUT2D eigenvalue weighted by Gasteiger charge is -2.24. The van der Waals surface area contributed by atoms with E-state index in [1.165, 1.54) is 55.2 Å². The van der Waals surface area contributed by atoms with Gasteiger partial charge in [0.15, 0.2) is 0 Å². The molecule has 2 aromatic carbocycles. The van der Waals surface area contributed by atoms with Crippen molar-refractivity contribution in [2.75, 3.05) is 11.9 Å². The van der Waals surface area contributed by atoms with Crippen LogP contribution in [0.2, 0.25) is 0 Å². The van der Waals surface area contributed by atoms with Crippen molar-refractivity contribution in [3.05, 3.63) is 64.7 Å². The zero-order valence-electron chi connectivity index (χ0n) is 19.5. The summed E-state index contributed by atoms with van der Waals surface area (Å²) >= 11 is 0. The number of hydrogen-bond donors (Lipinski definition) is 1. The second-order valence-electron chi connectivity index (χ2n) is 8.50. The second-order valence-corrected chi connectivity index (χ2v) is 8.50. The number of carbonyl (C=O) groups is 1. The molecule has 164 valence electrons. The number of urea groups is 1. The summed E-state index contributed by atoms with van der Waals surface area (Å²) < 4.78 is 0. The van der Waals surface area contributed by atoms with Gasteiger partial charge in [-0.2, -0.15) is 0 Å². The van der Waals surface area contributed by atoms with E-state index in [-0.39, 0.29) is 6.03 Å². The highest BCUT2D eigenvalue weighted by molar-refractivity contribution is 5.90. The third-order valence-corrected chi connectivity index (χ3v) is 5.66. The van der Waals surface area contributed by atoms with Crippen molar-refractivity contribution in [2.45, 2.75) is 85.6 Å². The number of aryl methyl sites for hydroxylation is 3. The van der Waals surface area contributed by atoms with Gasteiger partial charge in [0.25, 0.3) is 0 Å². The first-order valence-corrected chi connectivity index (χ1v) is 11.7. The number of carbonyl (C=O) groups excluding carboxylic acids is 1. The quantitative estimate of drug-likeness (QED) is 0.359. The molecule has 1 N–H and O–H groups in total. The van der Waals surface area contributed by atoms with Crippen LogP contribution in [0, 0.1) is 13.8 Å². The van der Waals surface area contributed by atoms with Gasteiger partial charge in [0.1, 0.15) is 0 Å². The minimum Gasteiger partial charge on any atom is -0.320 e. The summed E-state index contributed by atoms with van der Waals surface area (Å²) in [5.74, 6) is 0. The first kappa shape index (κ1) is 24.0. The Hall–Kier alpha value is -2.29. The van der Waals surface area contributed by atoms with Gasteiger partial charge in [0, 0.05) is 18.8 Å². The van der Waals surface area contributed by atoms with Crippen LogP contribution in [0.25, 0.3) is 0 Å². The van der Waals surface area contributed by atoms with Gasteiger partial charge in [-0.1, -0.05) is 87.9 Å². The standard InChI is InChI=1S/C27H40N2O/c1-5-7-9-10-11-19-29(21-25-16-14-24(15-17-25)12-8-6-2)27(30)28-26-18-13-22(3)20-23(26)4/h13-18,20H,5-12,19,21H2,1-4H3,(H,28,30). The first-order valence-electron chi connectivity index (χ1n) is 11.7. The lowest BCUT2D eigenvalue weighted by Crippen LogP contribution is -2.35. The monoisotopic (exact) mass is 408 g/mol. The third-order valence-electron chi connectivity index (χ3n) is 5.66. The molecule has 0 saturated heterocycles. The normalized spacial score (nSPS) is 10.8. The fraction of sp³-hybridized carbons (Fsp3) is 0.519. The highest BCUT2D eigenvalue weighted by Gasteiger charge is 2.15. The molecule has 0 saturated carbocycles. The van der Waals surface area contributed by atoms with Gasteiger partial charge in [-0.05, 0) is 55.9 Å². The number of anilines is 1. The van der Waals surface area contributed by atoms with Crippen LogP contribution < -0.4 is 5.32 Å². The molecule has 0 fully saturated rings. The second kappa shape index (κ2) is 13.1. The van der Waals surface area contributed by atoms with Gasteiger partial charge in [-0.25, -0.2) is 4.79 Å². The van der Waals surface area contributed by atoms with Crippen molar-refractivity contribution in [1.82, 2.24) is 4.90 Å². The minimum atomic E-state index is -0.00694. The molecule has 0 spiro atoms. The molecule has 3 heteroatoms. The Morgan fingerprint density at radius 2 is 1.50 bits per heavy atom. The molecule has 0 aliphatic carbocycles. The van der Waals surface area contributed by atoms with Gasteiger partial charge in [-0.3, -0.25) is 0 Å². The first-order chi connectivity index (χ1) is 14.5. The van der Waals surface area contributed by atoms with Crippen LogP contribution in [-0.2, 0) is 13.0 Å². The van der Waals surface area contributed by atoms with Crippen LogP contribution >= 0.6 is 0 Å². The molecule has 30 heavy (non-hydrogen) atoms. The molecule has 2 amide bonds. The van der Waals surface area contributed by atoms with Crippen molar-refractivity contribution in [3.63, 3.8) is 0 Å². The van der Waals surface area contributed by atoms with E-state index >= 15 is 0 Å². The molecule has 0 atom stereocenters. The Labute approximate surface area is 183 Å². The Balaban J connectivity index is 2.03. The average Bonchev–Trinajstić information content (AvgIpc) is 2.74. The van der Waals surface area contributed by atoms with Gasteiger partial charge in [0.2, 0.25) is 0 Å². The van der Waals surface area contributed by atoms with Gasteiger partial charge in [-0.15, -0.1) is 0 Å². The highest BCUT2D eigenvalue weighted by Crippen LogP contribution is 2.18. The Morgan fingerprint density at radius 3 is 2.17 bits per heavy atom. The van der Waals surface area contributed by atoms with Crippen LogP contribution in [-0.4, -0.2) is 17.5 Å². The Morgan fingerprint density at radius 1 is 0.833 bits per heavy atom. The number of benzene rings is 2. The van der Waals surface area contributed by atoms with E-state index in [0.29, 0.717) is 6.54 Å². The topological polar surface area (TPSA) is 32.3 Å². The number of nitrogens with one attached hydrogen (secondary N) is 1. The zero-order valence-corrected chi connectivity index (χ0v) is 19.5. The molecule has 0 aromatic heterocycles. The predicted octanol–water partition coefficient (Wildman–Crippen LogP) is 7.65. The summed E-state index contributed by atoms with van der Waals surface area (Å²) in [6.45, 7) is 10.0. The highest BCUT2D eigenvalue weighted by atomic mass is 16.2. The van der Waals surface area contributed by atoms with Gasteiger partial charge in [0.05, 0.1) is 0 Å². The van der Waals surface area contributed by atoms with Gasteiger partial charge >= 0.3 is 6.03 Å². The number of amides is 2. The molecule has 3 nitrogen and oxygen atoms in total. The molecule has 0 heterocycles. The summed E-state index contributed by atoms with van der Waals surface area (Å²) in [5, 5.41) is 3.14. The molecule has 0 aliphatic heterocycles. The van der Waals surface area contributed by atoms with Crippen LogP contribution in [0.4, 0.5) is 10.5 Å². The lowest BCUT2D eigenvalue weighted by molar-refractivity contribution is 0.207. The maximum Gasteiger partial charge on any atom is 0.322 e. The van der Waals surface area contributed by atoms with Crippen LogP contribution in [0.1, 0.15) is 81.0 Å². The van der Waals surface area contributed by atoms with Crippen LogP contribution in [0.5, 0.6) is 0 Å². The van der Waals surface area contributed by atoms with Crippen molar-refractivity contribution >= 4 is 11.7 Å². The molecule has 2 rings (SSSR count). The zero-order chi connectivity index (χ0) is 21.8. The Bertz CT molecular complexity index is 767. The van der Waals surface area contributed by atoms with E-state index in [4.69, 9.17) is 0 Å². The van der Waals surface area contributed by atoms with E-state index in [1.54, 1.807) is 0 Å². The molecule has 0 unspecified atom stereocenters. The Kier molecular flexibility index (Phi) is 10.5. The summed E-state index contributed by atoms with van der Waals surface area (Å²) in [7, 11) is 0. The van der Waals surface area contributed by atoms with Crippen molar-refractivity contribution < 1.29 is 4.79 Å². The fourth-order valence-corrected chi connectivity index (χ4v) is 3.72. The summed E-state index contributed by atoms with van der Waals surface area (Å²) in [5.41, 5.74) is 5.79. The molecular weight excluding hydrogens is 368 g/mol. The van der Waals surface area contributed by atoms with E-state index < -0.39 is 0 Å². The molecular formula is C27H40N2O. The van der Waals surface area contributed by atoms with Crippen molar-refractivity contribution in [1.29, 1.82) is 0 Å². The maximum atomic E-state index is 13.1. The van der Waals surface area contributed by atoms with Crippen LogP contribution in [0.15, 0.2) is 42.5 Å². The minimum absolute atomic E-state index is 0.00694. The number of unbranched alkanes of at least 4 members (excludes halogenated alkanes) is 5. The molecule has 0 radical (unpaired) electrons. The lowest BCUT2D eigenvalue weighted by atomic mass is 10.1. The smallest absolute Gasteiger partial charge is 0.320 e. The van der Waals surface area contributed by atoms with E-state index in [9.17, 15) is 4.79 Å². The van der Waals surface area contributed by atoms with E-state index in [0.717, 1.165) is 30.6 Å². The maximum absolute atomic E-state index is 13.1. The SMILES string of the molecule is CCCCCCCN(Cc1ccc(CCCC)cc1)C(=O)Nc1ccc(C)cc1C. The third kappa shape index (κ3) is 8.22. The average molecular weight is 409 g/mol. The molecule has 0 bridgehead atoms. The van der Waals surface area contributed by atoms with E-state index in [2.05, 4.69) is 56.4 Å². The van der Waals surface area contributed by atoms with Crippen LogP contribution in [0.3, 0.4) is 0 Å². The fourth-order valence-electron chi connectivity index (χ4n) is 3.72. The molecule has 0 aliphatic rings. The largest absolute Gasteiger partial charge is 0.322 e. The molecule has 2 aromatic rings. The van der Waals surface area contributed by atoms with E-state index in [1.807, 2.05) is 24.0 Å². The predicted molar refractivity (Wildman–Crippen MR) is 129 cm³/mol.